The molecule has 3 atom stereocenters. The third kappa shape index (κ3) is 8.56. The Hall–Kier alpha value is -2.37. The van der Waals surface area contributed by atoms with E-state index in [1.807, 2.05) is 30.3 Å². The summed E-state index contributed by atoms with van der Waals surface area (Å²) in [5, 5.41) is 8.62. The minimum atomic E-state index is -0.710. The molecule has 2 rings (SSSR count). The van der Waals surface area contributed by atoms with Crippen LogP contribution in [0.4, 0.5) is 0 Å². The standard InChI is InChI=1S/C24H37N3O3/c1-17(16-24(2,3)4)14-21(28)26-20(15-18-10-6-5-7-11-18)23(30)27-19-12-8-9-13-25-22(19)29/h5-7,10-11,17,19-20H,8-9,12-16H2,1-4H3,(H,25,29)(H,26,28)(H,27,30)/t17-,19+,20+/m0/s1. The Morgan fingerprint density at radius 1 is 1.17 bits per heavy atom. The van der Waals surface area contributed by atoms with E-state index >= 15 is 0 Å². The molecule has 0 spiro atoms. The highest BCUT2D eigenvalue weighted by atomic mass is 16.2. The first-order valence-corrected chi connectivity index (χ1v) is 11.1. The van der Waals surface area contributed by atoms with Crippen LogP contribution >= 0.6 is 0 Å². The van der Waals surface area contributed by atoms with Crippen LogP contribution in [0.5, 0.6) is 0 Å². The average molecular weight is 416 g/mol. The number of amides is 3. The van der Waals surface area contributed by atoms with Crippen LogP contribution in [-0.2, 0) is 20.8 Å². The fraction of sp³-hybridized carbons (Fsp3) is 0.625. The summed E-state index contributed by atoms with van der Waals surface area (Å²) >= 11 is 0. The number of hydrogen-bond acceptors (Lipinski definition) is 3. The summed E-state index contributed by atoms with van der Waals surface area (Å²) in [7, 11) is 0. The largest absolute Gasteiger partial charge is 0.354 e. The van der Waals surface area contributed by atoms with Crippen molar-refractivity contribution in [2.24, 2.45) is 11.3 Å². The molecule has 0 aromatic heterocycles. The van der Waals surface area contributed by atoms with Crippen molar-refractivity contribution >= 4 is 17.7 Å². The van der Waals surface area contributed by atoms with Gasteiger partial charge in [0.15, 0.2) is 0 Å². The zero-order valence-electron chi connectivity index (χ0n) is 18.8. The number of hydrogen-bond donors (Lipinski definition) is 3. The number of rotatable bonds is 8. The molecule has 1 saturated heterocycles. The van der Waals surface area contributed by atoms with Gasteiger partial charge in [0.05, 0.1) is 0 Å². The van der Waals surface area contributed by atoms with Crippen molar-refractivity contribution in [3.8, 4) is 0 Å². The van der Waals surface area contributed by atoms with E-state index in [0.29, 0.717) is 25.8 Å². The average Bonchev–Trinajstić information content (AvgIpc) is 2.84. The molecule has 1 aromatic rings. The second-order valence-electron chi connectivity index (χ2n) is 9.73. The van der Waals surface area contributed by atoms with Crippen LogP contribution < -0.4 is 16.0 Å². The molecule has 30 heavy (non-hydrogen) atoms. The van der Waals surface area contributed by atoms with Crippen molar-refractivity contribution in [2.75, 3.05) is 6.54 Å². The fourth-order valence-corrected chi connectivity index (χ4v) is 4.10. The lowest BCUT2D eigenvalue weighted by Gasteiger charge is -2.25. The molecule has 1 aromatic carbocycles. The normalized spacial score (nSPS) is 19.2. The maximum atomic E-state index is 13.0. The van der Waals surface area contributed by atoms with E-state index in [9.17, 15) is 14.4 Å². The Bertz CT molecular complexity index is 712. The molecule has 1 heterocycles. The van der Waals surface area contributed by atoms with Gasteiger partial charge in [0.1, 0.15) is 12.1 Å². The molecule has 6 nitrogen and oxygen atoms in total. The third-order valence-corrected chi connectivity index (χ3v) is 5.28. The molecule has 166 valence electrons. The third-order valence-electron chi connectivity index (χ3n) is 5.28. The van der Waals surface area contributed by atoms with Crippen LogP contribution in [0.3, 0.4) is 0 Å². The molecule has 3 N–H and O–H groups in total. The Morgan fingerprint density at radius 3 is 2.53 bits per heavy atom. The lowest BCUT2D eigenvalue weighted by molar-refractivity contribution is -0.132. The van der Waals surface area contributed by atoms with E-state index in [0.717, 1.165) is 24.8 Å². The van der Waals surface area contributed by atoms with Crippen LogP contribution in [-0.4, -0.2) is 36.3 Å². The van der Waals surface area contributed by atoms with Gasteiger partial charge >= 0.3 is 0 Å². The van der Waals surface area contributed by atoms with Gasteiger partial charge in [-0.15, -0.1) is 0 Å². The van der Waals surface area contributed by atoms with Gasteiger partial charge < -0.3 is 16.0 Å². The lowest BCUT2D eigenvalue weighted by Crippen LogP contribution is -2.54. The molecular formula is C24H37N3O3. The van der Waals surface area contributed by atoms with Crippen LogP contribution in [0.2, 0.25) is 0 Å². The van der Waals surface area contributed by atoms with Crippen LogP contribution in [0, 0.1) is 11.3 Å². The minimum Gasteiger partial charge on any atom is -0.354 e. The molecule has 1 aliphatic heterocycles. The minimum absolute atomic E-state index is 0.131. The van der Waals surface area contributed by atoms with Gasteiger partial charge in [-0.3, -0.25) is 14.4 Å². The first kappa shape index (κ1) is 23.9. The van der Waals surface area contributed by atoms with E-state index in [2.05, 4.69) is 43.6 Å². The van der Waals surface area contributed by atoms with Crippen molar-refractivity contribution < 1.29 is 14.4 Å². The Balaban J connectivity index is 2.04. The summed E-state index contributed by atoms with van der Waals surface area (Å²) in [5.74, 6) is -0.367. The van der Waals surface area contributed by atoms with Crippen molar-refractivity contribution in [2.45, 2.75) is 78.3 Å². The topological polar surface area (TPSA) is 87.3 Å². The van der Waals surface area contributed by atoms with Crippen LogP contribution in [0.15, 0.2) is 30.3 Å². The molecule has 1 aliphatic rings. The van der Waals surface area contributed by atoms with E-state index in [1.165, 1.54) is 0 Å². The van der Waals surface area contributed by atoms with Gasteiger partial charge in [0, 0.05) is 19.4 Å². The van der Waals surface area contributed by atoms with Gasteiger partial charge in [-0.25, -0.2) is 0 Å². The van der Waals surface area contributed by atoms with E-state index in [1.54, 1.807) is 0 Å². The lowest BCUT2D eigenvalue weighted by atomic mass is 9.84. The molecule has 0 radical (unpaired) electrons. The van der Waals surface area contributed by atoms with Crippen LogP contribution in [0.1, 0.15) is 65.4 Å². The predicted octanol–water partition coefficient (Wildman–Crippen LogP) is 2.96. The summed E-state index contributed by atoms with van der Waals surface area (Å²) in [5.41, 5.74) is 1.11. The van der Waals surface area contributed by atoms with Gasteiger partial charge in [-0.2, -0.15) is 0 Å². The summed E-state index contributed by atoms with van der Waals surface area (Å²) in [6.07, 6.45) is 4.10. The molecule has 6 heteroatoms. The Kier molecular flexibility index (Phi) is 8.88. The number of nitrogens with one attached hydrogen (secondary N) is 3. The van der Waals surface area contributed by atoms with Crippen molar-refractivity contribution in [3.63, 3.8) is 0 Å². The first-order chi connectivity index (χ1) is 14.1. The predicted molar refractivity (Wildman–Crippen MR) is 119 cm³/mol. The molecular weight excluding hydrogens is 378 g/mol. The Morgan fingerprint density at radius 2 is 1.87 bits per heavy atom. The van der Waals surface area contributed by atoms with Gasteiger partial charge in [-0.1, -0.05) is 58.0 Å². The highest BCUT2D eigenvalue weighted by Crippen LogP contribution is 2.25. The zero-order valence-corrected chi connectivity index (χ0v) is 18.8. The van der Waals surface area contributed by atoms with Gasteiger partial charge in [-0.05, 0) is 42.6 Å². The molecule has 0 unspecified atom stereocenters. The van der Waals surface area contributed by atoms with Crippen molar-refractivity contribution in [1.82, 2.24) is 16.0 Å². The quantitative estimate of drug-likeness (QED) is 0.610. The summed E-state index contributed by atoms with van der Waals surface area (Å²) in [6.45, 7) is 9.18. The van der Waals surface area contributed by atoms with E-state index in [4.69, 9.17) is 0 Å². The van der Waals surface area contributed by atoms with Crippen molar-refractivity contribution in [3.05, 3.63) is 35.9 Å². The number of benzene rings is 1. The summed E-state index contributed by atoms with van der Waals surface area (Å²) in [6, 6.07) is 8.36. The van der Waals surface area contributed by atoms with Crippen LogP contribution in [0.25, 0.3) is 0 Å². The molecule has 0 aliphatic carbocycles. The highest BCUT2D eigenvalue weighted by molar-refractivity contribution is 5.92. The second kappa shape index (κ2) is 11.1. The fourth-order valence-electron chi connectivity index (χ4n) is 4.10. The van der Waals surface area contributed by atoms with Gasteiger partial charge in [0.25, 0.3) is 0 Å². The van der Waals surface area contributed by atoms with Gasteiger partial charge in [0.2, 0.25) is 17.7 Å². The SMILES string of the molecule is C[C@@H](CC(=O)N[C@H](Cc1ccccc1)C(=O)N[C@@H]1CCCCNC1=O)CC(C)(C)C. The monoisotopic (exact) mass is 415 g/mol. The second-order valence-corrected chi connectivity index (χ2v) is 9.73. The first-order valence-electron chi connectivity index (χ1n) is 11.1. The van der Waals surface area contributed by atoms with E-state index < -0.39 is 12.1 Å². The summed E-state index contributed by atoms with van der Waals surface area (Å²) in [4.78, 5) is 37.9. The molecule has 3 amide bonds. The summed E-state index contributed by atoms with van der Waals surface area (Å²) < 4.78 is 0. The number of carbonyl (C=O) groups excluding carboxylic acids is 3. The smallest absolute Gasteiger partial charge is 0.243 e. The van der Waals surface area contributed by atoms with Crippen molar-refractivity contribution in [1.29, 1.82) is 0 Å². The zero-order chi connectivity index (χ0) is 22.1. The maximum absolute atomic E-state index is 13.0. The molecule has 0 bridgehead atoms. The van der Waals surface area contributed by atoms with E-state index in [-0.39, 0.29) is 29.1 Å². The highest BCUT2D eigenvalue weighted by Gasteiger charge is 2.28. The Labute approximate surface area is 180 Å². The maximum Gasteiger partial charge on any atom is 0.243 e. The number of carbonyl (C=O) groups is 3. The molecule has 0 saturated carbocycles. The molecule has 1 fully saturated rings.